The van der Waals surface area contributed by atoms with Crippen LogP contribution >= 0.6 is 0 Å². The van der Waals surface area contributed by atoms with Gasteiger partial charge < -0.3 is 5.73 Å². The Balaban J connectivity index is 1.87. The fourth-order valence-corrected chi connectivity index (χ4v) is 2.66. The Hall–Kier alpha value is -3.74. The van der Waals surface area contributed by atoms with E-state index < -0.39 is 17.6 Å². The molecule has 0 atom stereocenters. The maximum absolute atomic E-state index is 12.6. The van der Waals surface area contributed by atoms with E-state index >= 15 is 0 Å². The summed E-state index contributed by atoms with van der Waals surface area (Å²) in [5.74, 6) is -0.627. The molecule has 146 valence electrons. The second kappa shape index (κ2) is 8.52. The van der Waals surface area contributed by atoms with Crippen LogP contribution in [-0.4, -0.2) is 18.3 Å². The van der Waals surface area contributed by atoms with E-state index in [9.17, 15) is 18.0 Å². The quantitative estimate of drug-likeness (QED) is 0.572. The number of nitrogens with two attached hydrogens (primary N) is 1. The first-order chi connectivity index (χ1) is 13.8. The molecule has 0 saturated heterocycles. The van der Waals surface area contributed by atoms with E-state index in [1.807, 2.05) is 0 Å². The second-order valence-electron chi connectivity index (χ2n) is 6.09. The van der Waals surface area contributed by atoms with Gasteiger partial charge in [0.15, 0.2) is 0 Å². The van der Waals surface area contributed by atoms with E-state index in [4.69, 9.17) is 5.73 Å². The summed E-state index contributed by atoms with van der Waals surface area (Å²) in [5, 5.41) is 0. The van der Waals surface area contributed by atoms with Gasteiger partial charge in [0.1, 0.15) is 0 Å². The normalized spacial score (nSPS) is 14.0. The zero-order chi connectivity index (χ0) is 20.9. The minimum absolute atomic E-state index is 0.263. The third-order valence-electron chi connectivity index (χ3n) is 4.10. The number of carbonyl (C=O) groups is 1. The van der Waals surface area contributed by atoms with Gasteiger partial charge >= 0.3 is 6.18 Å². The Bertz CT molecular complexity index is 1060. The number of allylic oxidation sites excluding steroid dienone is 2. The van der Waals surface area contributed by atoms with Crippen LogP contribution in [0, 0.1) is 0 Å². The number of hydrogen-bond donors (Lipinski definition) is 1. The number of halogens is 3. The van der Waals surface area contributed by atoms with Crippen molar-refractivity contribution >= 4 is 41.7 Å². The van der Waals surface area contributed by atoms with Crippen LogP contribution < -0.4 is 5.73 Å². The number of carbonyl (C=O) groups excluding carboxylic acids is 1. The lowest BCUT2D eigenvalue weighted by molar-refractivity contribution is -0.137. The summed E-state index contributed by atoms with van der Waals surface area (Å²) >= 11 is 0. The molecule has 0 spiro atoms. The Morgan fingerprint density at radius 1 is 1.03 bits per heavy atom. The Kier molecular flexibility index (Phi) is 5.87. The van der Waals surface area contributed by atoms with Crippen molar-refractivity contribution in [3.05, 3.63) is 83.1 Å². The highest BCUT2D eigenvalue weighted by Crippen LogP contribution is 2.29. The van der Waals surface area contributed by atoms with Crippen LogP contribution in [0.3, 0.4) is 0 Å². The summed E-state index contributed by atoms with van der Waals surface area (Å²) in [6.07, 6.45) is 6.82. The molecular weight excluding hydrogens is 379 g/mol. The summed E-state index contributed by atoms with van der Waals surface area (Å²) in [4.78, 5) is 20.2. The molecule has 0 unspecified atom stereocenters. The van der Waals surface area contributed by atoms with Crippen molar-refractivity contribution < 1.29 is 18.0 Å². The molecule has 0 fully saturated rings. The van der Waals surface area contributed by atoms with Crippen LogP contribution in [-0.2, 0) is 11.0 Å². The van der Waals surface area contributed by atoms with E-state index in [1.165, 1.54) is 18.2 Å². The lowest BCUT2D eigenvalue weighted by Crippen LogP contribution is -2.12. The molecule has 2 aromatic rings. The van der Waals surface area contributed by atoms with Crippen molar-refractivity contribution in [2.75, 3.05) is 0 Å². The lowest BCUT2D eigenvalue weighted by Gasteiger charge is -2.08. The topological polar surface area (TPSA) is 67.8 Å². The van der Waals surface area contributed by atoms with Crippen molar-refractivity contribution in [1.29, 1.82) is 0 Å². The van der Waals surface area contributed by atoms with Gasteiger partial charge in [0, 0.05) is 29.8 Å². The first-order valence-corrected chi connectivity index (χ1v) is 8.57. The van der Waals surface area contributed by atoms with Crippen molar-refractivity contribution in [1.82, 2.24) is 0 Å². The fourth-order valence-electron chi connectivity index (χ4n) is 2.66. The monoisotopic (exact) mass is 395 g/mol. The van der Waals surface area contributed by atoms with Gasteiger partial charge in [0.25, 0.3) is 0 Å². The minimum atomic E-state index is -4.38. The number of amides is 1. The molecule has 2 N–H and O–H groups in total. The summed E-state index contributed by atoms with van der Waals surface area (Å²) < 4.78 is 37.9. The van der Waals surface area contributed by atoms with E-state index in [0.717, 1.165) is 23.4 Å². The molecule has 1 heterocycles. The van der Waals surface area contributed by atoms with Crippen LogP contribution in [0.5, 0.6) is 0 Å². The maximum Gasteiger partial charge on any atom is 0.416 e. The zero-order valence-corrected chi connectivity index (χ0v) is 15.1. The predicted octanol–water partition coefficient (Wildman–Crippen LogP) is 5.04. The van der Waals surface area contributed by atoms with Gasteiger partial charge in [0.05, 0.1) is 11.3 Å². The van der Waals surface area contributed by atoms with E-state index in [1.54, 1.807) is 55.1 Å². The molecule has 7 heteroatoms. The second-order valence-corrected chi connectivity index (χ2v) is 6.09. The van der Waals surface area contributed by atoms with Crippen molar-refractivity contribution in [2.24, 2.45) is 15.7 Å². The van der Waals surface area contributed by atoms with Gasteiger partial charge in [-0.1, -0.05) is 30.4 Å². The molecule has 2 aromatic carbocycles. The SMILES string of the molecule is NC(=O)C(=CC=Cc1ccc(C(F)(F)F)cc1)c1ccc2c(c1)C=CN=CC=N2. The Morgan fingerprint density at radius 3 is 2.48 bits per heavy atom. The number of nitrogens with zero attached hydrogens (tertiary/aromatic N) is 2. The van der Waals surface area contributed by atoms with Gasteiger partial charge in [-0.25, -0.2) is 0 Å². The average molecular weight is 395 g/mol. The Labute approximate surface area is 165 Å². The summed E-state index contributed by atoms with van der Waals surface area (Å²) in [5.41, 5.74) is 7.71. The van der Waals surface area contributed by atoms with Crippen LogP contribution in [0.25, 0.3) is 17.7 Å². The molecule has 29 heavy (non-hydrogen) atoms. The van der Waals surface area contributed by atoms with Crippen LogP contribution in [0.4, 0.5) is 18.9 Å². The highest BCUT2D eigenvalue weighted by Gasteiger charge is 2.29. The van der Waals surface area contributed by atoms with Gasteiger partial charge in [-0.3, -0.25) is 14.8 Å². The molecule has 3 rings (SSSR count). The highest BCUT2D eigenvalue weighted by molar-refractivity contribution is 6.19. The molecule has 0 bridgehead atoms. The molecule has 1 amide bonds. The number of primary amides is 1. The standard InChI is InChI=1S/C22H16F3N3O/c23-22(24,25)18-7-4-15(5-8-18)2-1-3-19(21(26)29)16-6-9-20-17(14-16)10-11-27-12-13-28-20/h1-14H,(H2,26,29). The largest absolute Gasteiger partial charge is 0.416 e. The maximum atomic E-state index is 12.6. The van der Waals surface area contributed by atoms with E-state index in [0.29, 0.717) is 11.1 Å². The van der Waals surface area contributed by atoms with Crippen molar-refractivity contribution in [3.8, 4) is 0 Å². The van der Waals surface area contributed by atoms with Crippen molar-refractivity contribution in [3.63, 3.8) is 0 Å². The molecule has 0 aliphatic carbocycles. The number of hydrogen-bond acceptors (Lipinski definition) is 3. The van der Waals surface area contributed by atoms with Gasteiger partial charge in [-0.05, 0) is 47.5 Å². The first kappa shape index (κ1) is 20.0. The minimum Gasteiger partial charge on any atom is -0.366 e. The average Bonchev–Trinajstić information content (AvgIpc) is 2.65. The molecule has 0 radical (unpaired) electrons. The molecule has 1 aliphatic heterocycles. The fraction of sp³-hybridized carbons (Fsp3) is 0.0455. The third-order valence-corrected chi connectivity index (χ3v) is 4.10. The third kappa shape index (κ3) is 5.16. The molecule has 1 aliphatic rings. The molecule has 4 nitrogen and oxygen atoms in total. The first-order valence-electron chi connectivity index (χ1n) is 8.57. The van der Waals surface area contributed by atoms with Crippen molar-refractivity contribution in [2.45, 2.75) is 6.18 Å². The molecule has 0 saturated carbocycles. The van der Waals surface area contributed by atoms with Crippen LogP contribution in [0.1, 0.15) is 22.3 Å². The number of alkyl halides is 3. The Morgan fingerprint density at radius 2 is 1.79 bits per heavy atom. The highest BCUT2D eigenvalue weighted by atomic mass is 19.4. The smallest absolute Gasteiger partial charge is 0.366 e. The van der Waals surface area contributed by atoms with Gasteiger partial charge in [-0.15, -0.1) is 0 Å². The van der Waals surface area contributed by atoms with Crippen LogP contribution in [0.15, 0.2) is 70.8 Å². The molecule has 0 aromatic heterocycles. The van der Waals surface area contributed by atoms with E-state index in [2.05, 4.69) is 9.98 Å². The summed E-state index contributed by atoms with van der Waals surface area (Å²) in [6.45, 7) is 0. The number of rotatable bonds is 4. The lowest BCUT2D eigenvalue weighted by atomic mass is 10.0. The number of benzene rings is 2. The summed E-state index contributed by atoms with van der Waals surface area (Å²) in [6, 6.07) is 9.97. The number of fused-ring (bicyclic) bond motifs is 1. The van der Waals surface area contributed by atoms with E-state index in [-0.39, 0.29) is 5.57 Å². The van der Waals surface area contributed by atoms with Crippen LogP contribution in [0.2, 0.25) is 0 Å². The number of aliphatic imine (C=N–C) groups is 2. The van der Waals surface area contributed by atoms with Gasteiger partial charge in [0.2, 0.25) is 5.91 Å². The van der Waals surface area contributed by atoms with Gasteiger partial charge in [-0.2, -0.15) is 13.2 Å². The zero-order valence-electron chi connectivity index (χ0n) is 15.1. The summed E-state index contributed by atoms with van der Waals surface area (Å²) in [7, 11) is 0. The predicted molar refractivity (Wildman–Crippen MR) is 110 cm³/mol. The molecular formula is C22H16F3N3O.